The van der Waals surface area contributed by atoms with Gasteiger partial charge in [-0.3, -0.25) is 9.55 Å². The lowest BCUT2D eigenvalue weighted by molar-refractivity contribution is 0.415. The van der Waals surface area contributed by atoms with Gasteiger partial charge in [0.2, 0.25) is 0 Å². The van der Waals surface area contributed by atoms with Crippen molar-refractivity contribution in [2.45, 2.75) is 24.2 Å². The molecule has 0 bridgehead atoms. The van der Waals surface area contributed by atoms with E-state index < -0.39 is 15.5 Å². The molecular weight excluding hydrogens is 338 g/mol. The first-order valence-corrected chi connectivity index (χ1v) is 9.19. The van der Waals surface area contributed by atoms with Gasteiger partial charge < -0.3 is 4.74 Å². The fraction of sp³-hybridized carbons (Fsp3) is 0.211. The number of nitrogens with zero attached hydrogens (tertiary/aromatic N) is 1. The molecule has 0 unspecified atom stereocenters. The van der Waals surface area contributed by atoms with Gasteiger partial charge in [-0.2, -0.15) is 8.42 Å². The van der Waals surface area contributed by atoms with Gasteiger partial charge in [0.1, 0.15) is 5.75 Å². The van der Waals surface area contributed by atoms with E-state index in [-0.39, 0.29) is 4.90 Å². The quantitative estimate of drug-likeness (QED) is 0.839. The van der Waals surface area contributed by atoms with Gasteiger partial charge in [-0.25, -0.2) is 0 Å². The molecule has 0 saturated carbocycles. The van der Waals surface area contributed by atoms with Crippen molar-refractivity contribution in [3.8, 4) is 5.75 Å². The summed E-state index contributed by atoms with van der Waals surface area (Å²) in [5, 5.41) is 0. The summed E-state index contributed by atoms with van der Waals surface area (Å²) in [4.78, 5) is 4.49. The largest absolute Gasteiger partial charge is 0.497 e. The van der Waals surface area contributed by atoms with Crippen LogP contribution < -0.4 is 4.74 Å². The predicted molar refractivity (Wildman–Crippen MR) is 98.4 cm³/mol. The molecule has 0 aliphatic carbocycles. The minimum atomic E-state index is -4.23. The highest BCUT2D eigenvalue weighted by molar-refractivity contribution is 7.85. The molecule has 1 aliphatic heterocycles. The van der Waals surface area contributed by atoms with E-state index in [2.05, 4.69) is 4.99 Å². The third-order valence-corrected chi connectivity index (χ3v) is 5.22. The maximum absolute atomic E-state index is 11.4. The molecule has 1 aliphatic rings. The van der Waals surface area contributed by atoms with Crippen LogP contribution in [0.1, 0.15) is 25.0 Å². The summed E-state index contributed by atoms with van der Waals surface area (Å²) in [6.07, 6.45) is 3.88. The van der Waals surface area contributed by atoms with Crippen LogP contribution in [0.4, 0.5) is 5.69 Å². The van der Waals surface area contributed by atoms with Crippen LogP contribution in [0.3, 0.4) is 0 Å². The third-order valence-electron chi connectivity index (χ3n) is 4.37. The first-order chi connectivity index (χ1) is 11.7. The summed E-state index contributed by atoms with van der Waals surface area (Å²) in [7, 11) is -2.61. The molecule has 3 rings (SSSR count). The van der Waals surface area contributed by atoms with Crippen LogP contribution in [-0.4, -0.2) is 25.8 Å². The zero-order chi connectivity index (χ0) is 18.2. The predicted octanol–water partition coefficient (Wildman–Crippen LogP) is 4.02. The minimum Gasteiger partial charge on any atom is -0.497 e. The lowest BCUT2D eigenvalue weighted by atomic mass is 9.81. The number of rotatable bonds is 4. The van der Waals surface area contributed by atoms with Crippen molar-refractivity contribution in [2.75, 3.05) is 7.11 Å². The van der Waals surface area contributed by atoms with Crippen LogP contribution in [0.15, 0.2) is 58.4 Å². The van der Waals surface area contributed by atoms with Crippen molar-refractivity contribution in [2.24, 2.45) is 4.99 Å². The van der Waals surface area contributed by atoms with Gasteiger partial charge in [-0.15, -0.1) is 0 Å². The molecule has 6 heteroatoms. The molecule has 0 saturated heterocycles. The molecule has 0 atom stereocenters. The van der Waals surface area contributed by atoms with Crippen LogP contribution in [0.25, 0.3) is 6.08 Å². The van der Waals surface area contributed by atoms with E-state index in [1.54, 1.807) is 13.2 Å². The monoisotopic (exact) mass is 357 g/mol. The molecule has 0 radical (unpaired) electrons. The average molecular weight is 357 g/mol. The Kier molecular flexibility index (Phi) is 4.26. The lowest BCUT2D eigenvalue weighted by Gasteiger charge is -2.20. The second kappa shape index (κ2) is 6.13. The van der Waals surface area contributed by atoms with Crippen LogP contribution in [0.2, 0.25) is 0 Å². The Labute approximate surface area is 147 Å². The van der Waals surface area contributed by atoms with E-state index in [9.17, 15) is 13.0 Å². The van der Waals surface area contributed by atoms with Gasteiger partial charge in [-0.1, -0.05) is 32.1 Å². The van der Waals surface area contributed by atoms with Gasteiger partial charge >= 0.3 is 0 Å². The zero-order valence-electron chi connectivity index (χ0n) is 14.2. The van der Waals surface area contributed by atoms with Crippen molar-refractivity contribution in [3.63, 3.8) is 0 Å². The van der Waals surface area contributed by atoms with E-state index in [1.165, 1.54) is 12.1 Å². The Morgan fingerprint density at radius 3 is 2.36 bits per heavy atom. The van der Waals surface area contributed by atoms with Crippen molar-refractivity contribution >= 4 is 27.6 Å². The fourth-order valence-corrected chi connectivity index (χ4v) is 3.32. The summed E-state index contributed by atoms with van der Waals surface area (Å²) >= 11 is 0. The maximum atomic E-state index is 11.4. The molecule has 1 N–H and O–H groups in total. The second-order valence-corrected chi connectivity index (χ2v) is 7.80. The maximum Gasteiger partial charge on any atom is 0.294 e. The van der Waals surface area contributed by atoms with Gasteiger partial charge in [-0.05, 0) is 47.5 Å². The highest BCUT2D eigenvalue weighted by atomic mass is 32.2. The van der Waals surface area contributed by atoms with Gasteiger partial charge in [0.25, 0.3) is 10.1 Å². The molecule has 0 aromatic heterocycles. The summed E-state index contributed by atoms with van der Waals surface area (Å²) in [5.41, 5.74) is 2.86. The second-order valence-electron chi connectivity index (χ2n) is 6.38. The summed E-state index contributed by atoms with van der Waals surface area (Å²) in [5.74, 6) is 0.792. The highest BCUT2D eigenvalue weighted by Crippen LogP contribution is 2.41. The molecule has 2 aromatic rings. The number of hydrogen-bond acceptors (Lipinski definition) is 4. The molecule has 2 aromatic carbocycles. The number of benzene rings is 2. The van der Waals surface area contributed by atoms with Crippen LogP contribution in [-0.2, 0) is 15.5 Å². The molecule has 1 heterocycles. The number of aliphatic imine (C=N–C) groups is 1. The van der Waals surface area contributed by atoms with E-state index in [0.717, 1.165) is 22.6 Å². The summed E-state index contributed by atoms with van der Waals surface area (Å²) in [6.45, 7) is 3.95. The fourth-order valence-electron chi connectivity index (χ4n) is 2.82. The van der Waals surface area contributed by atoms with E-state index >= 15 is 0 Å². The number of allylic oxidation sites excluding steroid dienone is 1. The lowest BCUT2D eigenvalue weighted by Crippen LogP contribution is -2.24. The van der Waals surface area contributed by atoms with Crippen molar-refractivity contribution in [1.82, 2.24) is 0 Å². The Morgan fingerprint density at radius 1 is 1.08 bits per heavy atom. The van der Waals surface area contributed by atoms with Gasteiger partial charge in [0.05, 0.1) is 23.4 Å². The van der Waals surface area contributed by atoms with Gasteiger partial charge in [0.15, 0.2) is 0 Å². The normalized spacial score (nSPS) is 15.9. The van der Waals surface area contributed by atoms with E-state index in [1.807, 2.05) is 50.3 Å². The minimum absolute atomic E-state index is 0.116. The van der Waals surface area contributed by atoms with Crippen LogP contribution in [0, 0.1) is 0 Å². The van der Waals surface area contributed by atoms with E-state index in [4.69, 9.17) is 4.74 Å². The highest BCUT2D eigenvalue weighted by Gasteiger charge is 2.34. The Bertz CT molecular complexity index is 971. The number of methoxy groups -OCH3 is 1. The summed E-state index contributed by atoms with van der Waals surface area (Å²) in [6, 6.07) is 12.1. The van der Waals surface area contributed by atoms with Crippen LogP contribution in [0.5, 0.6) is 5.75 Å². The molecule has 0 fully saturated rings. The standard InChI is InChI=1S/C19H19NO4S/c1-19(2)16-12-15(25(21,22)23)9-10-17(16)20-18(19)11-6-13-4-7-14(24-3)8-5-13/h4-12H,1-3H3,(H,21,22,23)/b11-6+. The number of fused-ring (bicyclic) bond motifs is 1. The van der Waals surface area contributed by atoms with Crippen molar-refractivity contribution in [3.05, 3.63) is 59.7 Å². The van der Waals surface area contributed by atoms with Crippen molar-refractivity contribution in [1.29, 1.82) is 0 Å². The smallest absolute Gasteiger partial charge is 0.294 e. The Hall–Kier alpha value is -2.44. The first kappa shape index (κ1) is 17.4. The molecule has 0 spiro atoms. The molecule has 5 nitrogen and oxygen atoms in total. The topological polar surface area (TPSA) is 76.0 Å². The number of hydrogen-bond donors (Lipinski definition) is 1. The Morgan fingerprint density at radius 2 is 1.76 bits per heavy atom. The van der Waals surface area contributed by atoms with Crippen molar-refractivity contribution < 1.29 is 17.7 Å². The zero-order valence-corrected chi connectivity index (χ0v) is 15.0. The van der Waals surface area contributed by atoms with Crippen LogP contribution >= 0.6 is 0 Å². The van der Waals surface area contributed by atoms with E-state index in [0.29, 0.717) is 5.69 Å². The molecular formula is C19H19NO4S. The summed E-state index contributed by atoms with van der Waals surface area (Å²) < 4.78 is 37.2. The Balaban J connectivity index is 1.92. The van der Waals surface area contributed by atoms with Gasteiger partial charge in [0, 0.05) is 5.41 Å². The number of ether oxygens (including phenoxy) is 1. The molecule has 130 valence electrons. The third kappa shape index (κ3) is 3.36. The molecule has 25 heavy (non-hydrogen) atoms. The average Bonchev–Trinajstić information content (AvgIpc) is 2.83. The first-order valence-electron chi connectivity index (χ1n) is 7.75. The molecule has 0 amide bonds. The SMILES string of the molecule is COc1ccc(/C=C/C2=Nc3ccc(S(=O)(=O)O)cc3C2(C)C)cc1.